The molecule has 0 spiro atoms. The molecule has 6 nitrogen and oxygen atoms in total. The van der Waals surface area contributed by atoms with Gasteiger partial charge in [-0.2, -0.15) is 0 Å². The Bertz CT molecular complexity index is 587. The van der Waals surface area contributed by atoms with Crippen molar-refractivity contribution in [3.63, 3.8) is 0 Å². The second-order valence-corrected chi connectivity index (χ2v) is 9.18. The van der Waals surface area contributed by atoms with E-state index in [2.05, 4.69) is 0 Å². The van der Waals surface area contributed by atoms with E-state index in [9.17, 15) is 9.13 Å². The van der Waals surface area contributed by atoms with E-state index in [1.807, 2.05) is 26.0 Å². The van der Waals surface area contributed by atoms with Crippen LogP contribution in [0.4, 0.5) is 0 Å². The summed E-state index contributed by atoms with van der Waals surface area (Å²) in [4.78, 5) is 36.5. The molecule has 0 unspecified atom stereocenters. The van der Waals surface area contributed by atoms with Gasteiger partial charge in [-0.25, -0.2) is 0 Å². The largest absolute Gasteiger partial charge is 0.341 e. The van der Waals surface area contributed by atoms with Crippen LogP contribution in [0.5, 0.6) is 0 Å². The molecule has 21 heavy (non-hydrogen) atoms. The summed E-state index contributed by atoms with van der Waals surface area (Å²) in [5.74, 6) is 0. The molecular weight excluding hydrogens is 314 g/mol. The molecule has 0 bridgehead atoms. The van der Waals surface area contributed by atoms with Crippen molar-refractivity contribution >= 4 is 15.2 Å². The molecule has 0 heterocycles. The van der Waals surface area contributed by atoms with Crippen LogP contribution in [-0.2, 0) is 22.0 Å². The maximum absolute atomic E-state index is 11.3. The predicted molar refractivity (Wildman–Crippen MR) is 81.2 cm³/mol. The fourth-order valence-corrected chi connectivity index (χ4v) is 4.32. The molecule has 0 aliphatic heterocycles. The van der Waals surface area contributed by atoms with Crippen LogP contribution in [0.15, 0.2) is 35.9 Å². The van der Waals surface area contributed by atoms with Gasteiger partial charge in [0.05, 0.1) is 0 Å². The van der Waals surface area contributed by atoms with Gasteiger partial charge < -0.3 is 19.6 Å². The summed E-state index contributed by atoms with van der Waals surface area (Å²) in [6, 6.07) is 6.87. The summed E-state index contributed by atoms with van der Waals surface area (Å²) in [5, 5.41) is -2.00. The van der Waals surface area contributed by atoms with E-state index < -0.39 is 20.6 Å². The fourth-order valence-electron chi connectivity index (χ4n) is 1.85. The van der Waals surface area contributed by atoms with Crippen LogP contribution in [0.1, 0.15) is 25.0 Å². The minimum Gasteiger partial charge on any atom is -0.324 e. The van der Waals surface area contributed by atoms with Gasteiger partial charge in [-0.15, -0.1) is 0 Å². The summed E-state index contributed by atoms with van der Waals surface area (Å²) in [5.41, 5.74) is 2.55. The second kappa shape index (κ2) is 7.01. The van der Waals surface area contributed by atoms with Crippen LogP contribution in [0.3, 0.4) is 0 Å². The number of hydrogen-bond donors (Lipinski definition) is 4. The Balaban J connectivity index is 3.01. The Morgan fingerprint density at radius 1 is 1.10 bits per heavy atom. The van der Waals surface area contributed by atoms with E-state index in [1.165, 1.54) is 0 Å². The summed E-state index contributed by atoms with van der Waals surface area (Å²) < 4.78 is 22.6. The summed E-state index contributed by atoms with van der Waals surface area (Å²) >= 11 is 0. The van der Waals surface area contributed by atoms with Crippen molar-refractivity contribution in [3.8, 4) is 0 Å². The third-order valence-electron chi connectivity index (χ3n) is 2.93. The number of benzene rings is 1. The first-order valence-corrected chi connectivity index (χ1v) is 9.68. The quantitative estimate of drug-likeness (QED) is 0.469. The second-order valence-electron chi connectivity index (χ2n) is 5.17. The van der Waals surface area contributed by atoms with Crippen molar-refractivity contribution in [2.75, 3.05) is 0 Å². The van der Waals surface area contributed by atoms with Gasteiger partial charge >= 0.3 is 15.2 Å². The molecule has 0 aliphatic rings. The summed E-state index contributed by atoms with van der Waals surface area (Å²) in [7, 11) is -9.77. The van der Waals surface area contributed by atoms with Crippen molar-refractivity contribution < 1.29 is 28.7 Å². The molecule has 118 valence electrons. The Labute approximate surface area is 123 Å². The van der Waals surface area contributed by atoms with Gasteiger partial charge in [-0.1, -0.05) is 35.9 Å². The van der Waals surface area contributed by atoms with Gasteiger partial charge in [0.2, 0.25) is 0 Å². The fraction of sp³-hybridized carbons (Fsp3) is 0.385. The molecule has 1 aromatic rings. The SMILES string of the molecule is CC(C)=CCc1cccc(CC(P(=O)(O)O)P(=O)(O)O)c1. The van der Waals surface area contributed by atoms with Crippen molar-refractivity contribution in [1.82, 2.24) is 0 Å². The highest BCUT2D eigenvalue weighted by Gasteiger charge is 2.43. The van der Waals surface area contributed by atoms with E-state index in [1.54, 1.807) is 18.2 Å². The van der Waals surface area contributed by atoms with E-state index in [0.29, 0.717) is 12.0 Å². The van der Waals surface area contributed by atoms with Gasteiger partial charge in [-0.05, 0) is 37.8 Å². The van der Waals surface area contributed by atoms with Crippen molar-refractivity contribution in [3.05, 3.63) is 47.0 Å². The van der Waals surface area contributed by atoms with E-state index >= 15 is 0 Å². The third kappa shape index (κ3) is 6.27. The molecule has 0 saturated heterocycles. The standard InChI is InChI=1S/C13H20O6P2/c1-10(2)6-7-11-4-3-5-12(8-11)9-13(20(14,15)16)21(17,18)19/h3-6,8,13H,7,9H2,1-2H3,(H2,14,15,16)(H2,17,18,19). The van der Waals surface area contributed by atoms with Crippen LogP contribution in [-0.4, -0.2) is 25.0 Å². The average Bonchev–Trinajstić information content (AvgIpc) is 2.31. The van der Waals surface area contributed by atoms with Gasteiger partial charge in [0.15, 0.2) is 5.40 Å². The van der Waals surface area contributed by atoms with Crippen molar-refractivity contribution in [1.29, 1.82) is 0 Å². The molecule has 1 aromatic carbocycles. The van der Waals surface area contributed by atoms with Gasteiger partial charge in [0.25, 0.3) is 0 Å². The lowest BCUT2D eigenvalue weighted by atomic mass is 10.1. The van der Waals surface area contributed by atoms with Crippen LogP contribution >= 0.6 is 15.2 Å². The van der Waals surface area contributed by atoms with Crippen molar-refractivity contribution in [2.45, 2.75) is 32.1 Å². The highest BCUT2D eigenvalue weighted by atomic mass is 31.2. The summed E-state index contributed by atoms with van der Waals surface area (Å²) in [6.07, 6.45) is 2.30. The highest BCUT2D eigenvalue weighted by molar-refractivity contribution is 7.70. The number of allylic oxidation sites excluding steroid dienone is 2. The van der Waals surface area contributed by atoms with Crippen LogP contribution < -0.4 is 0 Å². The Morgan fingerprint density at radius 2 is 1.62 bits per heavy atom. The lowest BCUT2D eigenvalue weighted by molar-refractivity contribution is 0.338. The lowest BCUT2D eigenvalue weighted by Gasteiger charge is -2.19. The first kappa shape index (κ1) is 18.3. The number of hydrogen-bond acceptors (Lipinski definition) is 2. The maximum Gasteiger partial charge on any atom is 0.341 e. The normalized spacial score (nSPS) is 12.5. The number of rotatable bonds is 6. The van der Waals surface area contributed by atoms with Gasteiger partial charge in [0.1, 0.15) is 0 Å². The Morgan fingerprint density at radius 3 is 2.10 bits per heavy atom. The smallest absolute Gasteiger partial charge is 0.324 e. The minimum absolute atomic E-state index is 0.364. The minimum atomic E-state index is -4.88. The first-order valence-electron chi connectivity index (χ1n) is 6.32. The average molecular weight is 334 g/mol. The molecule has 0 fully saturated rings. The zero-order chi connectivity index (χ0) is 16.3. The molecule has 0 amide bonds. The third-order valence-corrected chi connectivity index (χ3v) is 6.66. The van der Waals surface area contributed by atoms with E-state index in [0.717, 1.165) is 11.1 Å². The zero-order valence-corrected chi connectivity index (χ0v) is 13.7. The maximum atomic E-state index is 11.3. The van der Waals surface area contributed by atoms with E-state index in [-0.39, 0.29) is 6.42 Å². The van der Waals surface area contributed by atoms with E-state index in [4.69, 9.17) is 19.6 Å². The zero-order valence-electron chi connectivity index (χ0n) is 11.9. The monoisotopic (exact) mass is 334 g/mol. The molecule has 1 rings (SSSR count). The van der Waals surface area contributed by atoms with Crippen molar-refractivity contribution in [2.24, 2.45) is 0 Å². The lowest BCUT2D eigenvalue weighted by Crippen LogP contribution is -2.12. The molecule has 0 atom stereocenters. The predicted octanol–water partition coefficient (Wildman–Crippen LogP) is 2.42. The first-order chi connectivity index (χ1) is 9.50. The Hall–Kier alpha value is -0.740. The highest BCUT2D eigenvalue weighted by Crippen LogP contribution is 2.60. The Kier molecular flexibility index (Phi) is 6.11. The van der Waals surface area contributed by atoms with Crippen LogP contribution in [0.2, 0.25) is 0 Å². The molecular formula is C13H20O6P2. The van der Waals surface area contributed by atoms with Crippen LogP contribution in [0, 0.1) is 0 Å². The molecule has 0 aromatic heterocycles. The molecule has 8 heteroatoms. The van der Waals surface area contributed by atoms with Gasteiger partial charge in [-0.3, -0.25) is 9.13 Å². The summed E-state index contributed by atoms with van der Waals surface area (Å²) in [6.45, 7) is 3.92. The molecule has 0 aliphatic carbocycles. The topological polar surface area (TPSA) is 115 Å². The molecule has 0 saturated carbocycles. The molecule has 0 radical (unpaired) electrons. The molecule has 4 N–H and O–H groups in total. The van der Waals surface area contributed by atoms with Gasteiger partial charge in [0, 0.05) is 0 Å². The van der Waals surface area contributed by atoms with Crippen LogP contribution in [0.25, 0.3) is 0 Å².